The van der Waals surface area contributed by atoms with Crippen LogP contribution in [0.15, 0.2) is 29.2 Å². The number of sulfone groups is 1. The van der Waals surface area contributed by atoms with Gasteiger partial charge in [-0.1, -0.05) is 12.1 Å². The van der Waals surface area contributed by atoms with E-state index in [-0.39, 0.29) is 16.4 Å². The third kappa shape index (κ3) is 4.81. The predicted octanol–water partition coefficient (Wildman–Crippen LogP) is 1.77. The molecule has 10 heteroatoms. The number of benzene rings is 1. The number of nitrogens with zero attached hydrogens (tertiary/aromatic N) is 2. The van der Waals surface area contributed by atoms with Gasteiger partial charge in [0.15, 0.2) is 9.84 Å². The smallest absolute Gasteiger partial charge is 0.294 e. The zero-order chi connectivity index (χ0) is 21.2. The van der Waals surface area contributed by atoms with Crippen LogP contribution in [0.4, 0.5) is 4.79 Å². The first-order chi connectivity index (χ1) is 13.7. The molecular weight excluding hydrogens is 416 g/mol. The van der Waals surface area contributed by atoms with Crippen molar-refractivity contribution in [2.45, 2.75) is 19.4 Å². The van der Waals surface area contributed by atoms with E-state index in [1.165, 1.54) is 12.0 Å². The van der Waals surface area contributed by atoms with Gasteiger partial charge in [-0.15, -0.1) is 0 Å². The Bertz CT molecular complexity index is 973. The summed E-state index contributed by atoms with van der Waals surface area (Å²) in [5, 5.41) is -0.521. The van der Waals surface area contributed by atoms with Gasteiger partial charge >= 0.3 is 0 Å². The summed E-state index contributed by atoms with van der Waals surface area (Å²) in [6.45, 7) is 1.67. The molecule has 0 aromatic heterocycles. The average molecular weight is 439 g/mol. The molecule has 29 heavy (non-hydrogen) atoms. The molecule has 1 atom stereocenters. The van der Waals surface area contributed by atoms with Gasteiger partial charge in [0.05, 0.1) is 23.5 Å². The number of ether oxygens (including phenoxy) is 1. The molecule has 1 aromatic rings. The zero-order valence-corrected chi connectivity index (χ0v) is 17.8. The lowest BCUT2D eigenvalue weighted by atomic mass is 10.2. The molecule has 0 saturated carbocycles. The van der Waals surface area contributed by atoms with Crippen molar-refractivity contribution in [1.29, 1.82) is 0 Å². The fraction of sp³-hybridized carbons (Fsp3) is 0.421. The van der Waals surface area contributed by atoms with Crippen LogP contribution < -0.4 is 4.74 Å². The number of hydrogen-bond donors (Lipinski definition) is 0. The normalized spacial score (nSPS) is 22.3. The summed E-state index contributed by atoms with van der Waals surface area (Å²) in [6, 6.07) is 6.64. The van der Waals surface area contributed by atoms with Gasteiger partial charge in [-0.3, -0.25) is 19.3 Å². The van der Waals surface area contributed by atoms with Gasteiger partial charge in [0.25, 0.3) is 11.1 Å². The van der Waals surface area contributed by atoms with Crippen LogP contribution in [0.2, 0.25) is 0 Å². The number of hydrogen-bond acceptors (Lipinski definition) is 7. The highest BCUT2D eigenvalue weighted by atomic mass is 32.2. The second-order valence-electron chi connectivity index (χ2n) is 6.78. The minimum Gasteiger partial charge on any atom is -0.497 e. The second-order valence-corrected chi connectivity index (χ2v) is 10.0. The maximum Gasteiger partial charge on any atom is 0.294 e. The van der Waals surface area contributed by atoms with E-state index in [1.54, 1.807) is 37.3 Å². The van der Waals surface area contributed by atoms with Crippen LogP contribution in [0.25, 0.3) is 6.08 Å². The molecule has 0 aliphatic carbocycles. The maximum atomic E-state index is 12.7. The monoisotopic (exact) mass is 438 g/mol. The highest BCUT2D eigenvalue weighted by molar-refractivity contribution is 8.18. The number of methoxy groups -OCH3 is 1. The maximum absolute atomic E-state index is 12.7. The fourth-order valence-corrected chi connectivity index (χ4v) is 5.97. The van der Waals surface area contributed by atoms with Crippen LogP contribution in [-0.4, -0.2) is 73.0 Å². The summed E-state index contributed by atoms with van der Waals surface area (Å²) >= 11 is 0.774. The molecule has 2 aliphatic heterocycles. The Morgan fingerprint density at radius 3 is 2.76 bits per heavy atom. The molecule has 0 bridgehead atoms. The number of thioether (sulfide) groups is 1. The molecule has 3 amide bonds. The number of imide groups is 1. The van der Waals surface area contributed by atoms with E-state index >= 15 is 0 Å². The Labute approximate surface area is 173 Å². The van der Waals surface area contributed by atoms with Crippen molar-refractivity contribution in [3.8, 4) is 5.75 Å². The number of rotatable bonds is 6. The standard InChI is InChI=1S/C19H22N2O6S2/c1-3-20(14-7-8-29(25,26)12-14)17(22)11-21-18(23)16(28-19(21)24)10-13-5-4-6-15(9-13)27-2/h4-6,9-10,14H,3,7-8,11-12H2,1-2H3/b16-10-/t14-/m1/s1. The first kappa shape index (κ1) is 21.4. The Kier molecular flexibility index (Phi) is 6.33. The average Bonchev–Trinajstić information content (AvgIpc) is 3.16. The molecule has 2 fully saturated rings. The Morgan fingerprint density at radius 1 is 1.38 bits per heavy atom. The Morgan fingerprint density at radius 2 is 2.14 bits per heavy atom. The van der Waals surface area contributed by atoms with Crippen LogP contribution in [-0.2, 0) is 19.4 Å². The largest absolute Gasteiger partial charge is 0.497 e. The second kappa shape index (κ2) is 8.58. The lowest BCUT2D eigenvalue weighted by Gasteiger charge is -2.28. The molecule has 2 saturated heterocycles. The topological polar surface area (TPSA) is 101 Å². The number of amides is 3. The molecule has 1 aromatic carbocycles. The van der Waals surface area contributed by atoms with Crippen LogP contribution >= 0.6 is 11.8 Å². The quantitative estimate of drug-likeness (QED) is 0.624. The Hall–Kier alpha value is -2.33. The molecule has 156 valence electrons. The van der Waals surface area contributed by atoms with Crippen molar-refractivity contribution in [2.24, 2.45) is 0 Å². The summed E-state index contributed by atoms with van der Waals surface area (Å²) < 4.78 is 28.6. The molecule has 0 radical (unpaired) electrons. The van der Waals surface area contributed by atoms with Gasteiger partial charge in [-0.25, -0.2) is 8.42 Å². The first-order valence-electron chi connectivity index (χ1n) is 9.13. The number of carbonyl (C=O) groups is 3. The molecule has 8 nitrogen and oxygen atoms in total. The van der Waals surface area contributed by atoms with Crippen LogP contribution in [0.3, 0.4) is 0 Å². The molecule has 3 rings (SSSR count). The lowest BCUT2D eigenvalue weighted by Crippen LogP contribution is -2.47. The van der Waals surface area contributed by atoms with Crippen LogP contribution in [0.5, 0.6) is 5.75 Å². The third-order valence-corrected chi connectivity index (χ3v) is 7.53. The van der Waals surface area contributed by atoms with E-state index in [0.29, 0.717) is 24.3 Å². The van der Waals surface area contributed by atoms with E-state index in [2.05, 4.69) is 0 Å². The number of carbonyl (C=O) groups excluding carboxylic acids is 3. The van der Waals surface area contributed by atoms with Crippen molar-refractivity contribution in [3.05, 3.63) is 34.7 Å². The minimum atomic E-state index is -3.15. The number of likely N-dealkylation sites (N-methyl/N-ethyl adjacent to an activating group) is 1. The van der Waals surface area contributed by atoms with E-state index in [9.17, 15) is 22.8 Å². The van der Waals surface area contributed by atoms with Gasteiger partial charge in [-0.2, -0.15) is 0 Å². The van der Waals surface area contributed by atoms with E-state index in [0.717, 1.165) is 16.7 Å². The summed E-state index contributed by atoms with van der Waals surface area (Å²) in [7, 11) is -1.61. The molecular formula is C19H22N2O6S2. The Balaban J connectivity index is 1.72. The molecule has 0 N–H and O–H groups in total. The fourth-order valence-electron chi connectivity index (χ4n) is 3.40. The van der Waals surface area contributed by atoms with Gasteiger partial charge < -0.3 is 9.64 Å². The van der Waals surface area contributed by atoms with Gasteiger partial charge in [0, 0.05) is 12.6 Å². The molecule has 0 unspecified atom stereocenters. The van der Waals surface area contributed by atoms with Crippen molar-refractivity contribution < 1.29 is 27.5 Å². The minimum absolute atomic E-state index is 0.0479. The zero-order valence-electron chi connectivity index (χ0n) is 16.2. The van der Waals surface area contributed by atoms with Gasteiger partial charge in [0.1, 0.15) is 12.3 Å². The van der Waals surface area contributed by atoms with Crippen LogP contribution in [0.1, 0.15) is 18.9 Å². The third-order valence-electron chi connectivity index (χ3n) is 4.87. The van der Waals surface area contributed by atoms with E-state index in [1.807, 2.05) is 0 Å². The highest BCUT2D eigenvalue weighted by Gasteiger charge is 2.39. The van der Waals surface area contributed by atoms with E-state index < -0.39 is 39.5 Å². The van der Waals surface area contributed by atoms with Gasteiger partial charge in [-0.05, 0) is 48.9 Å². The summed E-state index contributed by atoms with van der Waals surface area (Å²) in [6.07, 6.45) is 1.96. The summed E-state index contributed by atoms with van der Waals surface area (Å²) in [4.78, 5) is 40.3. The molecule has 2 heterocycles. The van der Waals surface area contributed by atoms with E-state index in [4.69, 9.17) is 4.74 Å². The van der Waals surface area contributed by atoms with Crippen molar-refractivity contribution in [1.82, 2.24) is 9.80 Å². The first-order valence-corrected chi connectivity index (χ1v) is 11.8. The van der Waals surface area contributed by atoms with Crippen molar-refractivity contribution in [3.63, 3.8) is 0 Å². The predicted molar refractivity (Wildman–Crippen MR) is 110 cm³/mol. The van der Waals surface area contributed by atoms with Crippen LogP contribution in [0, 0.1) is 0 Å². The highest BCUT2D eigenvalue weighted by Crippen LogP contribution is 2.32. The van der Waals surface area contributed by atoms with Crippen molar-refractivity contribution in [2.75, 3.05) is 31.7 Å². The van der Waals surface area contributed by atoms with Crippen molar-refractivity contribution >= 4 is 44.7 Å². The molecule has 0 spiro atoms. The summed E-state index contributed by atoms with van der Waals surface area (Å²) in [5.41, 5.74) is 0.701. The summed E-state index contributed by atoms with van der Waals surface area (Å²) in [5.74, 6) is -0.375. The molecule has 2 aliphatic rings. The SMILES string of the molecule is CCN(C(=O)CN1C(=O)S/C(=C\c2cccc(OC)c2)C1=O)[C@@H]1CCS(=O)(=O)C1. The lowest BCUT2D eigenvalue weighted by molar-refractivity contribution is -0.137. The van der Waals surface area contributed by atoms with Gasteiger partial charge in [0.2, 0.25) is 5.91 Å².